The highest BCUT2D eigenvalue weighted by molar-refractivity contribution is 5.87. The number of nitrogens with one attached hydrogen (secondary N) is 2. The second-order valence-corrected chi connectivity index (χ2v) is 6.09. The molecule has 1 rings (SSSR count). The Morgan fingerprint density at radius 3 is 2.11 bits per heavy atom. The van der Waals surface area contributed by atoms with E-state index in [2.05, 4.69) is 45.3 Å². The second kappa shape index (κ2) is 6.06. The molecule has 2 amide bonds. The molecular formula is C15H25N3O. The molecule has 2 unspecified atom stereocenters. The maximum Gasteiger partial charge on any atom is 0.316 e. The molecule has 0 aliphatic heterocycles. The summed E-state index contributed by atoms with van der Waals surface area (Å²) in [6, 6.07) is 7.85. The van der Waals surface area contributed by atoms with E-state index in [1.165, 1.54) is 5.56 Å². The summed E-state index contributed by atoms with van der Waals surface area (Å²) in [5, 5.41) is 6.14. The molecule has 0 bridgehead atoms. The number of hydrogen-bond donors (Lipinski definition) is 3. The number of anilines is 1. The Labute approximate surface area is 115 Å². The Balaban J connectivity index is 2.67. The van der Waals surface area contributed by atoms with E-state index in [0.29, 0.717) is 11.7 Å². The molecule has 4 heteroatoms. The second-order valence-electron chi connectivity index (χ2n) is 6.09. The first-order chi connectivity index (χ1) is 8.70. The SMILES string of the molecule is CC(NC(C)C(C)(C)C)c1ccc(NC(N)=O)cc1. The van der Waals surface area contributed by atoms with E-state index in [1.54, 1.807) is 0 Å². The van der Waals surface area contributed by atoms with Gasteiger partial charge < -0.3 is 16.4 Å². The van der Waals surface area contributed by atoms with Crippen molar-refractivity contribution >= 4 is 11.7 Å². The van der Waals surface area contributed by atoms with Crippen molar-refractivity contribution in [3.63, 3.8) is 0 Å². The molecule has 0 aliphatic carbocycles. The predicted molar refractivity (Wildman–Crippen MR) is 80.1 cm³/mol. The third kappa shape index (κ3) is 4.91. The Kier molecular flexibility index (Phi) is 4.95. The third-order valence-corrected chi connectivity index (χ3v) is 3.48. The van der Waals surface area contributed by atoms with Crippen molar-refractivity contribution in [2.75, 3.05) is 5.32 Å². The number of rotatable bonds is 4. The molecule has 1 aromatic carbocycles. The topological polar surface area (TPSA) is 67.2 Å². The van der Waals surface area contributed by atoms with Gasteiger partial charge in [-0.1, -0.05) is 32.9 Å². The molecule has 0 saturated carbocycles. The van der Waals surface area contributed by atoms with Gasteiger partial charge >= 0.3 is 6.03 Å². The number of amides is 2. The molecule has 19 heavy (non-hydrogen) atoms. The average molecular weight is 263 g/mol. The molecular weight excluding hydrogens is 238 g/mol. The summed E-state index contributed by atoms with van der Waals surface area (Å²) in [7, 11) is 0. The van der Waals surface area contributed by atoms with Crippen LogP contribution in [-0.2, 0) is 0 Å². The highest BCUT2D eigenvalue weighted by atomic mass is 16.2. The van der Waals surface area contributed by atoms with Gasteiger partial charge in [-0.2, -0.15) is 0 Å². The van der Waals surface area contributed by atoms with E-state index in [1.807, 2.05) is 24.3 Å². The van der Waals surface area contributed by atoms with Crippen molar-refractivity contribution < 1.29 is 4.79 Å². The summed E-state index contributed by atoms with van der Waals surface area (Å²) in [6.07, 6.45) is 0. The van der Waals surface area contributed by atoms with Gasteiger partial charge in [0.1, 0.15) is 0 Å². The molecule has 106 valence electrons. The zero-order valence-electron chi connectivity index (χ0n) is 12.4. The molecule has 0 heterocycles. The number of primary amides is 1. The van der Waals surface area contributed by atoms with Crippen LogP contribution in [0.25, 0.3) is 0 Å². The van der Waals surface area contributed by atoms with E-state index in [9.17, 15) is 4.79 Å². The summed E-state index contributed by atoms with van der Waals surface area (Å²) in [6.45, 7) is 11.0. The summed E-state index contributed by atoms with van der Waals surface area (Å²) >= 11 is 0. The summed E-state index contributed by atoms with van der Waals surface area (Å²) in [5.74, 6) is 0. The van der Waals surface area contributed by atoms with Crippen molar-refractivity contribution in [3.05, 3.63) is 29.8 Å². The number of urea groups is 1. The zero-order valence-corrected chi connectivity index (χ0v) is 12.4. The van der Waals surface area contributed by atoms with E-state index in [-0.39, 0.29) is 11.5 Å². The fourth-order valence-corrected chi connectivity index (χ4v) is 1.72. The number of benzene rings is 1. The van der Waals surface area contributed by atoms with Crippen LogP contribution in [0.3, 0.4) is 0 Å². The molecule has 2 atom stereocenters. The molecule has 4 N–H and O–H groups in total. The first kappa shape index (κ1) is 15.5. The third-order valence-electron chi connectivity index (χ3n) is 3.48. The van der Waals surface area contributed by atoms with Crippen LogP contribution in [-0.4, -0.2) is 12.1 Å². The van der Waals surface area contributed by atoms with Gasteiger partial charge in [-0.25, -0.2) is 4.79 Å². The van der Waals surface area contributed by atoms with Crippen molar-refractivity contribution in [3.8, 4) is 0 Å². The molecule has 0 spiro atoms. The van der Waals surface area contributed by atoms with Gasteiger partial charge in [0.2, 0.25) is 0 Å². The van der Waals surface area contributed by atoms with Crippen molar-refractivity contribution in [1.29, 1.82) is 0 Å². The largest absolute Gasteiger partial charge is 0.351 e. The van der Waals surface area contributed by atoms with Gasteiger partial charge in [0.25, 0.3) is 0 Å². The molecule has 0 saturated heterocycles. The van der Waals surface area contributed by atoms with E-state index in [4.69, 9.17) is 5.73 Å². The zero-order chi connectivity index (χ0) is 14.6. The standard InChI is InChI=1S/C15H25N3O/c1-10(17-11(2)15(3,4)5)12-6-8-13(9-7-12)18-14(16)19/h6-11,17H,1-5H3,(H3,16,18,19). The summed E-state index contributed by atoms with van der Waals surface area (Å²) in [5.41, 5.74) is 7.20. The van der Waals surface area contributed by atoms with Crippen molar-refractivity contribution in [2.24, 2.45) is 11.1 Å². The Morgan fingerprint density at radius 2 is 1.68 bits per heavy atom. The molecule has 0 aromatic heterocycles. The van der Waals surface area contributed by atoms with Gasteiger partial charge in [0.15, 0.2) is 0 Å². The lowest BCUT2D eigenvalue weighted by Crippen LogP contribution is -2.39. The molecule has 0 aliphatic rings. The van der Waals surface area contributed by atoms with Crippen LogP contribution >= 0.6 is 0 Å². The van der Waals surface area contributed by atoms with Crippen LogP contribution in [0.2, 0.25) is 0 Å². The lowest BCUT2D eigenvalue weighted by atomic mass is 9.87. The van der Waals surface area contributed by atoms with Crippen molar-refractivity contribution in [2.45, 2.75) is 46.7 Å². The first-order valence-electron chi connectivity index (χ1n) is 6.62. The maximum atomic E-state index is 10.7. The molecule has 4 nitrogen and oxygen atoms in total. The fraction of sp³-hybridized carbons (Fsp3) is 0.533. The van der Waals surface area contributed by atoms with Crippen molar-refractivity contribution in [1.82, 2.24) is 5.32 Å². The summed E-state index contributed by atoms with van der Waals surface area (Å²) in [4.78, 5) is 10.7. The Morgan fingerprint density at radius 1 is 1.16 bits per heavy atom. The van der Waals surface area contributed by atoms with Gasteiger partial charge in [0, 0.05) is 17.8 Å². The maximum absolute atomic E-state index is 10.7. The van der Waals surface area contributed by atoms with Crippen LogP contribution < -0.4 is 16.4 Å². The normalized spacial score (nSPS) is 14.8. The van der Waals surface area contributed by atoms with Gasteiger partial charge in [0.05, 0.1) is 0 Å². The number of carbonyl (C=O) groups excluding carboxylic acids is 1. The average Bonchev–Trinajstić information content (AvgIpc) is 2.27. The fourth-order valence-electron chi connectivity index (χ4n) is 1.72. The minimum atomic E-state index is -0.541. The minimum Gasteiger partial charge on any atom is -0.351 e. The van der Waals surface area contributed by atoms with Gasteiger partial charge in [-0.3, -0.25) is 0 Å². The quantitative estimate of drug-likeness (QED) is 0.780. The summed E-state index contributed by atoms with van der Waals surface area (Å²) < 4.78 is 0. The van der Waals surface area contributed by atoms with Crippen LogP contribution in [0, 0.1) is 5.41 Å². The highest BCUT2D eigenvalue weighted by Crippen LogP contribution is 2.23. The number of carbonyl (C=O) groups is 1. The predicted octanol–water partition coefficient (Wildman–Crippen LogP) is 3.26. The highest BCUT2D eigenvalue weighted by Gasteiger charge is 2.21. The lowest BCUT2D eigenvalue weighted by Gasteiger charge is -2.31. The monoisotopic (exact) mass is 263 g/mol. The molecule has 0 fully saturated rings. The van der Waals surface area contributed by atoms with Crippen LogP contribution in [0.5, 0.6) is 0 Å². The molecule has 0 radical (unpaired) electrons. The number of nitrogens with two attached hydrogens (primary N) is 1. The van der Waals surface area contributed by atoms with Gasteiger partial charge in [-0.05, 0) is 37.0 Å². The van der Waals surface area contributed by atoms with E-state index >= 15 is 0 Å². The van der Waals surface area contributed by atoms with E-state index < -0.39 is 6.03 Å². The van der Waals surface area contributed by atoms with Gasteiger partial charge in [-0.15, -0.1) is 0 Å². The smallest absolute Gasteiger partial charge is 0.316 e. The first-order valence-corrected chi connectivity index (χ1v) is 6.62. The Hall–Kier alpha value is -1.55. The lowest BCUT2D eigenvalue weighted by molar-refractivity contribution is 0.259. The van der Waals surface area contributed by atoms with Crippen LogP contribution in [0.15, 0.2) is 24.3 Å². The Bertz CT molecular complexity index is 420. The molecule has 1 aromatic rings. The van der Waals surface area contributed by atoms with Crippen LogP contribution in [0.4, 0.5) is 10.5 Å². The van der Waals surface area contributed by atoms with E-state index in [0.717, 1.165) is 0 Å². The minimum absolute atomic E-state index is 0.224. The van der Waals surface area contributed by atoms with Crippen LogP contribution in [0.1, 0.15) is 46.2 Å². The number of hydrogen-bond acceptors (Lipinski definition) is 2.